The number of carbonyl (C=O) groups is 1. The van der Waals surface area contributed by atoms with E-state index < -0.39 is 0 Å². The highest BCUT2D eigenvalue weighted by Crippen LogP contribution is 2.20. The van der Waals surface area contributed by atoms with Crippen molar-refractivity contribution in [3.05, 3.63) is 17.0 Å². The molecule has 2 N–H and O–H groups in total. The summed E-state index contributed by atoms with van der Waals surface area (Å²) >= 11 is 0. The third-order valence-electron chi connectivity index (χ3n) is 4.36. The molecule has 0 aliphatic heterocycles. The molecule has 1 heterocycles. The minimum atomic E-state index is -0.157. The molecule has 0 aliphatic carbocycles. The van der Waals surface area contributed by atoms with Gasteiger partial charge in [-0.3, -0.25) is 4.79 Å². The van der Waals surface area contributed by atoms with Gasteiger partial charge in [0.05, 0.1) is 0 Å². The number of rotatable bonds is 9. The molecule has 0 fully saturated rings. The number of hydrogen-bond donors (Lipinski definition) is 2. The van der Waals surface area contributed by atoms with E-state index in [2.05, 4.69) is 36.6 Å². The summed E-state index contributed by atoms with van der Waals surface area (Å²) in [6.07, 6.45) is 3.11. The molecule has 1 unspecified atom stereocenters. The fraction of sp³-hybridized carbons (Fsp3) is 0.765. The minimum Gasteiger partial charge on any atom is -0.360 e. The summed E-state index contributed by atoms with van der Waals surface area (Å²) in [4.78, 5) is 12.4. The van der Waals surface area contributed by atoms with E-state index in [1.165, 1.54) is 12.8 Å². The lowest BCUT2D eigenvalue weighted by Crippen LogP contribution is -2.48. The zero-order valence-electron chi connectivity index (χ0n) is 14.9. The van der Waals surface area contributed by atoms with Crippen molar-refractivity contribution in [2.45, 2.75) is 66.8 Å². The van der Waals surface area contributed by atoms with Crippen LogP contribution in [0.4, 0.5) is 0 Å². The van der Waals surface area contributed by atoms with Gasteiger partial charge in [-0.2, -0.15) is 0 Å². The van der Waals surface area contributed by atoms with Gasteiger partial charge in [0.2, 0.25) is 0 Å². The number of hydrogen-bond acceptors (Lipinski definition) is 4. The fourth-order valence-electron chi connectivity index (χ4n) is 2.24. The van der Waals surface area contributed by atoms with Crippen LogP contribution in [-0.2, 0) is 6.42 Å². The number of aromatic nitrogens is 1. The molecule has 0 bridgehead atoms. The van der Waals surface area contributed by atoms with Gasteiger partial charge < -0.3 is 15.2 Å². The summed E-state index contributed by atoms with van der Waals surface area (Å²) < 4.78 is 5.20. The predicted molar refractivity (Wildman–Crippen MR) is 89.1 cm³/mol. The Hall–Kier alpha value is -1.36. The minimum absolute atomic E-state index is 0.0331. The molecule has 1 aromatic heterocycles. The van der Waals surface area contributed by atoms with E-state index in [0.29, 0.717) is 5.69 Å². The van der Waals surface area contributed by atoms with Crippen molar-refractivity contribution < 1.29 is 9.32 Å². The van der Waals surface area contributed by atoms with Crippen molar-refractivity contribution in [3.63, 3.8) is 0 Å². The lowest BCUT2D eigenvalue weighted by Gasteiger charge is -2.32. The molecule has 1 aromatic rings. The molecule has 1 amide bonds. The first-order valence-electron chi connectivity index (χ1n) is 8.30. The van der Waals surface area contributed by atoms with E-state index in [1.807, 2.05) is 20.8 Å². The van der Waals surface area contributed by atoms with Crippen molar-refractivity contribution >= 4 is 5.91 Å². The molecule has 5 nitrogen and oxygen atoms in total. The second-order valence-electron chi connectivity index (χ2n) is 6.65. The Bertz CT molecular complexity index is 480. The van der Waals surface area contributed by atoms with Crippen LogP contribution in [0.3, 0.4) is 0 Å². The van der Waals surface area contributed by atoms with E-state index in [-0.39, 0.29) is 17.4 Å². The SMILES string of the molecule is CCCCNCC(C)(C)C(C)NC(=O)c1noc(CC)c1C. The van der Waals surface area contributed by atoms with Crippen LogP contribution in [0, 0.1) is 12.3 Å². The molecule has 0 aliphatic rings. The van der Waals surface area contributed by atoms with Crippen molar-refractivity contribution in [2.75, 3.05) is 13.1 Å². The van der Waals surface area contributed by atoms with Gasteiger partial charge in [0.25, 0.3) is 5.91 Å². The van der Waals surface area contributed by atoms with Crippen LogP contribution in [0.5, 0.6) is 0 Å². The summed E-state index contributed by atoms with van der Waals surface area (Å²) in [6, 6.07) is 0.0373. The van der Waals surface area contributed by atoms with E-state index in [0.717, 1.165) is 30.8 Å². The predicted octanol–water partition coefficient (Wildman–Crippen LogP) is 3.08. The van der Waals surface area contributed by atoms with E-state index in [1.54, 1.807) is 0 Å². The molecule has 0 aromatic carbocycles. The highest BCUT2D eigenvalue weighted by atomic mass is 16.5. The maximum Gasteiger partial charge on any atom is 0.273 e. The Balaban J connectivity index is 2.60. The first-order valence-corrected chi connectivity index (χ1v) is 8.30. The topological polar surface area (TPSA) is 67.2 Å². The summed E-state index contributed by atoms with van der Waals surface area (Å²) in [5.41, 5.74) is 1.21. The Morgan fingerprint density at radius 1 is 1.36 bits per heavy atom. The van der Waals surface area contributed by atoms with Crippen molar-refractivity contribution in [2.24, 2.45) is 5.41 Å². The third-order valence-corrected chi connectivity index (χ3v) is 4.36. The molecule has 5 heteroatoms. The quantitative estimate of drug-likeness (QED) is 0.688. The second kappa shape index (κ2) is 8.32. The molecule has 1 atom stereocenters. The fourth-order valence-corrected chi connectivity index (χ4v) is 2.24. The zero-order chi connectivity index (χ0) is 16.8. The maximum atomic E-state index is 12.4. The second-order valence-corrected chi connectivity index (χ2v) is 6.65. The molecule has 0 saturated carbocycles. The zero-order valence-corrected chi connectivity index (χ0v) is 14.9. The molecule has 1 rings (SSSR count). The van der Waals surface area contributed by atoms with Gasteiger partial charge in [-0.15, -0.1) is 0 Å². The summed E-state index contributed by atoms with van der Waals surface area (Å²) in [6.45, 7) is 14.3. The average Bonchev–Trinajstić information content (AvgIpc) is 2.84. The summed E-state index contributed by atoms with van der Waals surface area (Å²) in [7, 11) is 0. The van der Waals surface area contributed by atoms with E-state index in [4.69, 9.17) is 4.52 Å². The average molecular weight is 309 g/mol. The van der Waals surface area contributed by atoms with Crippen LogP contribution < -0.4 is 10.6 Å². The van der Waals surface area contributed by atoms with Gasteiger partial charge in [0.1, 0.15) is 5.76 Å². The van der Waals surface area contributed by atoms with Crippen molar-refractivity contribution in [1.29, 1.82) is 0 Å². The molecule has 22 heavy (non-hydrogen) atoms. The number of unbranched alkanes of at least 4 members (excludes halogenated alkanes) is 1. The Morgan fingerprint density at radius 3 is 2.59 bits per heavy atom. The third kappa shape index (κ3) is 4.83. The van der Waals surface area contributed by atoms with Gasteiger partial charge in [-0.05, 0) is 32.2 Å². The Labute approximate surface area is 134 Å². The van der Waals surface area contributed by atoms with Crippen LogP contribution in [0.2, 0.25) is 0 Å². The monoisotopic (exact) mass is 309 g/mol. The van der Waals surface area contributed by atoms with E-state index in [9.17, 15) is 4.79 Å². The normalized spacial score (nSPS) is 13.2. The highest BCUT2D eigenvalue weighted by Gasteiger charge is 2.28. The Morgan fingerprint density at radius 2 is 2.05 bits per heavy atom. The smallest absolute Gasteiger partial charge is 0.273 e. The molecular weight excluding hydrogens is 278 g/mol. The number of aryl methyl sites for hydroxylation is 1. The Kier molecular flexibility index (Phi) is 7.07. The van der Waals surface area contributed by atoms with Gasteiger partial charge in [-0.1, -0.05) is 39.3 Å². The summed E-state index contributed by atoms with van der Waals surface area (Å²) in [5.74, 6) is 0.619. The lowest BCUT2D eigenvalue weighted by molar-refractivity contribution is 0.0893. The first-order chi connectivity index (χ1) is 10.3. The van der Waals surface area contributed by atoms with Crippen molar-refractivity contribution in [1.82, 2.24) is 15.8 Å². The first kappa shape index (κ1) is 18.7. The van der Waals surface area contributed by atoms with Gasteiger partial charge in [-0.25, -0.2) is 0 Å². The van der Waals surface area contributed by atoms with Crippen LogP contribution in [0.25, 0.3) is 0 Å². The van der Waals surface area contributed by atoms with Gasteiger partial charge in [0.15, 0.2) is 5.69 Å². The number of nitrogens with one attached hydrogen (secondary N) is 2. The van der Waals surface area contributed by atoms with E-state index >= 15 is 0 Å². The van der Waals surface area contributed by atoms with Crippen LogP contribution >= 0.6 is 0 Å². The van der Waals surface area contributed by atoms with Gasteiger partial charge >= 0.3 is 0 Å². The van der Waals surface area contributed by atoms with Crippen molar-refractivity contribution in [3.8, 4) is 0 Å². The molecule has 0 saturated heterocycles. The van der Waals surface area contributed by atoms with Crippen LogP contribution in [0.1, 0.15) is 69.3 Å². The number of amides is 1. The standard InChI is InChI=1S/C17H31N3O2/c1-7-9-10-18-11-17(5,6)13(4)19-16(21)15-12(3)14(8-2)22-20-15/h13,18H,7-11H2,1-6H3,(H,19,21). The number of carbonyl (C=O) groups excluding carboxylic acids is 1. The largest absolute Gasteiger partial charge is 0.360 e. The number of nitrogens with zero attached hydrogens (tertiary/aromatic N) is 1. The molecule has 126 valence electrons. The van der Waals surface area contributed by atoms with Gasteiger partial charge in [0, 0.05) is 24.6 Å². The lowest BCUT2D eigenvalue weighted by atomic mass is 9.85. The molecule has 0 spiro atoms. The van der Waals surface area contributed by atoms with Crippen LogP contribution in [0.15, 0.2) is 4.52 Å². The highest BCUT2D eigenvalue weighted by molar-refractivity contribution is 5.93. The van der Waals surface area contributed by atoms with Crippen LogP contribution in [-0.4, -0.2) is 30.2 Å². The molecule has 0 radical (unpaired) electrons. The summed E-state index contributed by atoms with van der Waals surface area (Å²) in [5, 5.41) is 10.4. The maximum absolute atomic E-state index is 12.4. The molecular formula is C17H31N3O2.